The first kappa shape index (κ1) is 15.5. The fourth-order valence-electron chi connectivity index (χ4n) is 2.98. The first-order valence-electron chi connectivity index (χ1n) is 7.20. The van der Waals surface area contributed by atoms with Gasteiger partial charge in [0.1, 0.15) is 11.4 Å². The molecule has 23 heavy (non-hydrogen) atoms. The highest BCUT2D eigenvalue weighted by Gasteiger charge is 2.25. The molecule has 4 N–H and O–H groups in total. The van der Waals surface area contributed by atoms with Gasteiger partial charge in [-0.05, 0) is 18.1 Å². The Morgan fingerprint density at radius 2 is 2.26 bits per heavy atom. The number of H-pyrrole nitrogens is 1. The van der Waals surface area contributed by atoms with Crippen molar-refractivity contribution in [3.05, 3.63) is 27.9 Å². The minimum atomic E-state index is -1.09. The van der Waals surface area contributed by atoms with Crippen molar-refractivity contribution in [3.8, 4) is 5.75 Å². The highest BCUT2D eigenvalue weighted by atomic mass is 35.5. The molecule has 1 aliphatic rings. The summed E-state index contributed by atoms with van der Waals surface area (Å²) in [6.07, 6.45) is 0.00264. The second kappa shape index (κ2) is 6.00. The first-order chi connectivity index (χ1) is 11.0. The molecule has 1 aromatic heterocycles. The van der Waals surface area contributed by atoms with Crippen molar-refractivity contribution < 1.29 is 19.4 Å². The first-order valence-corrected chi connectivity index (χ1v) is 7.58. The lowest BCUT2D eigenvalue weighted by molar-refractivity contribution is 0.0958. The van der Waals surface area contributed by atoms with E-state index in [1.165, 1.54) is 0 Å². The maximum absolute atomic E-state index is 12.1. The van der Waals surface area contributed by atoms with Crippen LogP contribution in [0.1, 0.15) is 21.6 Å². The molecule has 8 heteroatoms. The van der Waals surface area contributed by atoms with Crippen LogP contribution in [0.15, 0.2) is 6.07 Å². The Bertz CT molecular complexity index is 800. The molecule has 0 fully saturated rings. The summed E-state index contributed by atoms with van der Waals surface area (Å²) < 4.78 is 5.57. The lowest BCUT2D eigenvalue weighted by Gasteiger charge is -2.07. The van der Waals surface area contributed by atoms with E-state index >= 15 is 0 Å². The van der Waals surface area contributed by atoms with Crippen LogP contribution >= 0.6 is 11.6 Å². The predicted molar refractivity (Wildman–Crippen MR) is 85.6 cm³/mol. The van der Waals surface area contributed by atoms with E-state index in [1.807, 2.05) is 0 Å². The zero-order valence-corrected chi connectivity index (χ0v) is 13.2. The number of amides is 2. The highest BCUT2D eigenvalue weighted by molar-refractivity contribution is 6.33. The molecule has 122 valence electrons. The topological polar surface area (TPSA) is 103 Å². The number of aromatic nitrogens is 1. The summed E-state index contributed by atoms with van der Waals surface area (Å²) in [7, 11) is 1.55. The average Bonchev–Trinajstić information content (AvgIpc) is 3.11. The lowest BCUT2D eigenvalue weighted by atomic mass is 10.00. The molecule has 2 amide bonds. The Morgan fingerprint density at radius 1 is 1.48 bits per heavy atom. The summed E-state index contributed by atoms with van der Waals surface area (Å²) in [5.74, 6) is 0.393. The fraction of sp³-hybridized carbons (Fsp3) is 0.333. The maximum Gasteiger partial charge on any atom is 0.404 e. The Hall–Kier alpha value is -2.41. The maximum atomic E-state index is 12.1. The molecule has 0 unspecified atom stereocenters. The molecule has 0 spiro atoms. The largest absolute Gasteiger partial charge is 0.491 e. The van der Waals surface area contributed by atoms with Gasteiger partial charge in [-0.3, -0.25) is 4.79 Å². The van der Waals surface area contributed by atoms with Gasteiger partial charge in [0.25, 0.3) is 5.91 Å². The summed E-state index contributed by atoms with van der Waals surface area (Å²) in [6, 6.07) is 1.74. The monoisotopic (exact) mass is 337 g/mol. The van der Waals surface area contributed by atoms with Crippen LogP contribution in [0.4, 0.5) is 4.79 Å². The Kier molecular flexibility index (Phi) is 4.04. The second-order valence-electron chi connectivity index (χ2n) is 5.23. The van der Waals surface area contributed by atoms with E-state index in [2.05, 4.69) is 15.6 Å². The quantitative estimate of drug-likeness (QED) is 0.684. The molecule has 2 heterocycles. The normalized spacial score (nSPS) is 12.8. The van der Waals surface area contributed by atoms with Crippen LogP contribution in [0.5, 0.6) is 5.75 Å². The van der Waals surface area contributed by atoms with Crippen LogP contribution in [-0.4, -0.2) is 42.3 Å². The highest BCUT2D eigenvalue weighted by Crippen LogP contribution is 2.41. The number of hydrogen-bond donors (Lipinski definition) is 4. The Balaban J connectivity index is 2.14. The lowest BCUT2D eigenvalue weighted by Crippen LogP contribution is -2.25. The van der Waals surface area contributed by atoms with Crippen LogP contribution in [0.25, 0.3) is 10.9 Å². The van der Waals surface area contributed by atoms with Crippen LogP contribution in [-0.2, 0) is 12.8 Å². The summed E-state index contributed by atoms with van der Waals surface area (Å²) in [4.78, 5) is 25.9. The van der Waals surface area contributed by atoms with Crippen molar-refractivity contribution in [3.63, 3.8) is 0 Å². The number of carbonyl (C=O) groups is 2. The number of carboxylic acid groups (broad SMARTS) is 1. The van der Waals surface area contributed by atoms with Gasteiger partial charge >= 0.3 is 6.09 Å². The molecule has 0 atom stereocenters. The second-order valence-corrected chi connectivity index (χ2v) is 5.63. The number of rotatable bonds is 4. The summed E-state index contributed by atoms with van der Waals surface area (Å²) in [5, 5.41) is 15.1. The number of fused-ring (bicyclic) bond motifs is 3. The van der Waals surface area contributed by atoms with Gasteiger partial charge in [-0.1, -0.05) is 11.6 Å². The minimum Gasteiger partial charge on any atom is -0.491 e. The van der Waals surface area contributed by atoms with E-state index in [0.29, 0.717) is 35.9 Å². The number of carbonyl (C=O) groups excluding carboxylic acids is 1. The SMILES string of the molecule is CNC(=O)c1[nH]c2cc(Cl)c3c(c2c1CCNC(=O)O)CCO3. The van der Waals surface area contributed by atoms with Gasteiger partial charge in [-0.2, -0.15) is 0 Å². The number of nitrogens with one attached hydrogen (secondary N) is 3. The number of benzene rings is 1. The number of aromatic amines is 1. The van der Waals surface area contributed by atoms with Crippen LogP contribution in [0, 0.1) is 0 Å². The number of hydrogen-bond acceptors (Lipinski definition) is 3. The van der Waals surface area contributed by atoms with Crippen LogP contribution < -0.4 is 15.4 Å². The molecule has 0 bridgehead atoms. The van der Waals surface area contributed by atoms with E-state index in [0.717, 1.165) is 22.0 Å². The molecule has 7 nitrogen and oxygen atoms in total. The van der Waals surface area contributed by atoms with Gasteiger partial charge in [-0.25, -0.2) is 4.79 Å². The molecule has 1 aromatic carbocycles. The summed E-state index contributed by atoms with van der Waals surface area (Å²) in [5.41, 5.74) is 2.91. The van der Waals surface area contributed by atoms with Gasteiger partial charge in [-0.15, -0.1) is 0 Å². The molecule has 0 saturated carbocycles. The molecule has 3 rings (SSSR count). The van der Waals surface area contributed by atoms with Gasteiger partial charge in [0.05, 0.1) is 11.6 Å². The van der Waals surface area contributed by atoms with Crippen molar-refractivity contribution in [1.29, 1.82) is 0 Å². The van der Waals surface area contributed by atoms with Gasteiger partial charge in [0, 0.05) is 36.5 Å². The number of halogens is 1. The zero-order valence-electron chi connectivity index (χ0n) is 12.5. The van der Waals surface area contributed by atoms with Crippen LogP contribution in [0.2, 0.25) is 5.02 Å². The molecule has 2 aromatic rings. The minimum absolute atomic E-state index is 0.213. The summed E-state index contributed by atoms with van der Waals surface area (Å²) >= 11 is 6.23. The molecular formula is C15H16ClN3O4. The third kappa shape index (κ3) is 2.68. The van der Waals surface area contributed by atoms with Crippen molar-refractivity contribution in [2.24, 2.45) is 0 Å². The van der Waals surface area contributed by atoms with E-state index in [-0.39, 0.29) is 12.5 Å². The molecule has 1 aliphatic heterocycles. The summed E-state index contributed by atoms with van der Waals surface area (Å²) in [6.45, 7) is 0.756. The van der Waals surface area contributed by atoms with E-state index in [1.54, 1.807) is 13.1 Å². The van der Waals surface area contributed by atoms with E-state index in [9.17, 15) is 9.59 Å². The third-order valence-electron chi connectivity index (χ3n) is 3.90. The van der Waals surface area contributed by atoms with Gasteiger partial charge < -0.3 is 25.5 Å². The molecular weight excluding hydrogens is 322 g/mol. The van der Waals surface area contributed by atoms with E-state index < -0.39 is 6.09 Å². The molecule has 0 saturated heterocycles. The average molecular weight is 338 g/mol. The Morgan fingerprint density at radius 3 is 2.96 bits per heavy atom. The molecule has 0 radical (unpaired) electrons. The molecule has 0 aliphatic carbocycles. The fourth-order valence-corrected chi connectivity index (χ4v) is 3.25. The van der Waals surface area contributed by atoms with Crippen molar-refractivity contribution in [2.75, 3.05) is 20.2 Å². The van der Waals surface area contributed by atoms with E-state index in [4.69, 9.17) is 21.4 Å². The third-order valence-corrected chi connectivity index (χ3v) is 4.18. The van der Waals surface area contributed by atoms with Crippen LogP contribution in [0.3, 0.4) is 0 Å². The van der Waals surface area contributed by atoms with Gasteiger partial charge in [0.2, 0.25) is 0 Å². The number of ether oxygens (including phenoxy) is 1. The predicted octanol–water partition coefficient (Wildman–Crippen LogP) is 1.93. The van der Waals surface area contributed by atoms with Gasteiger partial charge in [0.15, 0.2) is 0 Å². The van der Waals surface area contributed by atoms with Crippen molar-refractivity contribution >= 4 is 34.5 Å². The standard InChI is InChI=1S/C15H16ClN3O4/c1-17-14(20)12-7(2-4-18-15(21)22)11-8-3-5-23-13(8)9(16)6-10(11)19-12/h6,18-19H,2-5H2,1H3,(H,17,20)(H,21,22). The Labute approximate surface area is 137 Å². The zero-order chi connectivity index (χ0) is 16.6. The smallest absolute Gasteiger partial charge is 0.404 e. The van der Waals surface area contributed by atoms with Crippen molar-refractivity contribution in [2.45, 2.75) is 12.8 Å². The van der Waals surface area contributed by atoms with Crippen molar-refractivity contribution in [1.82, 2.24) is 15.6 Å².